The Balaban J connectivity index is 1.99. The Hall–Kier alpha value is -1.42. The van der Waals surface area contributed by atoms with Crippen LogP contribution in [0, 0.1) is 17.7 Å². The van der Waals surface area contributed by atoms with Crippen LogP contribution in [0.3, 0.4) is 0 Å². The fourth-order valence-electron chi connectivity index (χ4n) is 3.04. The SMILES string of the molecule is CC1CC(C)CC(OCc2cc(C(=O)O)ccc2F)C1. The lowest BCUT2D eigenvalue weighted by Gasteiger charge is -2.31. The van der Waals surface area contributed by atoms with Crippen molar-refractivity contribution in [2.45, 2.75) is 45.8 Å². The molecule has 4 heteroatoms. The van der Waals surface area contributed by atoms with Crippen LogP contribution >= 0.6 is 0 Å². The van der Waals surface area contributed by atoms with E-state index in [4.69, 9.17) is 9.84 Å². The van der Waals surface area contributed by atoms with Crippen molar-refractivity contribution < 1.29 is 19.0 Å². The van der Waals surface area contributed by atoms with Crippen molar-refractivity contribution in [3.63, 3.8) is 0 Å². The Labute approximate surface area is 118 Å². The Morgan fingerprint density at radius 1 is 1.30 bits per heavy atom. The topological polar surface area (TPSA) is 46.5 Å². The highest BCUT2D eigenvalue weighted by molar-refractivity contribution is 5.87. The zero-order valence-electron chi connectivity index (χ0n) is 11.9. The lowest BCUT2D eigenvalue weighted by molar-refractivity contribution is -0.0102. The largest absolute Gasteiger partial charge is 0.478 e. The summed E-state index contributed by atoms with van der Waals surface area (Å²) in [6, 6.07) is 3.81. The Morgan fingerprint density at radius 2 is 1.95 bits per heavy atom. The number of hydrogen-bond acceptors (Lipinski definition) is 2. The molecule has 0 amide bonds. The van der Waals surface area contributed by atoms with E-state index in [1.807, 2.05) is 0 Å². The van der Waals surface area contributed by atoms with Crippen molar-refractivity contribution in [3.05, 3.63) is 35.1 Å². The van der Waals surface area contributed by atoms with Crippen molar-refractivity contribution in [3.8, 4) is 0 Å². The Morgan fingerprint density at radius 3 is 2.55 bits per heavy atom. The molecule has 1 aliphatic carbocycles. The van der Waals surface area contributed by atoms with Crippen LogP contribution in [-0.2, 0) is 11.3 Å². The number of ether oxygens (including phenoxy) is 1. The van der Waals surface area contributed by atoms with Gasteiger partial charge in [0, 0.05) is 5.56 Å². The van der Waals surface area contributed by atoms with E-state index in [9.17, 15) is 9.18 Å². The maximum Gasteiger partial charge on any atom is 0.335 e. The molecule has 0 radical (unpaired) electrons. The molecule has 3 nitrogen and oxygen atoms in total. The van der Waals surface area contributed by atoms with E-state index in [0.29, 0.717) is 17.4 Å². The first kappa shape index (κ1) is 15.0. The van der Waals surface area contributed by atoms with Gasteiger partial charge in [-0.1, -0.05) is 13.8 Å². The summed E-state index contributed by atoms with van der Waals surface area (Å²) >= 11 is 0. The zero-order valence-corrected chi connectivity index (χ0v) is 11.9. The number of rotatable bonds is 4. The van der Waals surface area contributed by atoms with Gasteiger partial charge in [-0.05, 0) is 49.3 Å². The van der Waals surface area contributed by atoms with E-state index in [-0.39, 0.29) is 18.3 Å². The molecule has 1 N–H and O–H groups in total. The number of hydrogen-bond donors (Lipinski definition) is 1. The summed E-state index contributed by atoms with van der Waals surface area (Å²) in [5.74, 6) is -0.212. The van der Waals surface area contributed by atoms with Gasteiger partial charge in [0.25, 0.3) is 0 Å². The van der Waals surface area contributed by atoms with E-state index in [0.717, 1.165) is 12.8 Å². The lowest BCUT2D eigenvalue weighted by atomic mass is 9.82. The fourth-order valence-corrected chi connectivity index (χ4v) is 3.04. The predicted octanol–water partition coefficient (Wildman–Crippen LogP) is 3.87. The Kier molecular flexibility index (Phi) is 4.76. The van der Waals surface area contributed by atoms with E-state index in [1.165, 1.54) is 24.6 Å². The van der Waals surface area contributed by atoms with Crippen LogP contribution in [0.1, 0.15) is 49.0 Å². The van der Waals surface area contributed by atoms with E-state index in [1.54, 1.807) is 0 Å². The van der Waals surface area contributed by atoms with Crippen LogP contribution in [0.5, 0.6) is 0 Å². The number of benzene rings is 1. The first-order chi connectivity index (χ1) is 9.45. The molecule has 110 valence electrons. The first-order valence-electron chi connectivity index (χ1n) is 7.09. The fraction of sp³-hybridized carbons (Fsp3) is 0.562. The monoisotopic (exact) mass is 280 g/mol. The quantitative estimate of drug-likeness (QED) is 0.910. The molecular weight excluding hydrogens is 259 g/mol. The molecule has 1 saturated carbocycles. The molecule has 0 saturated heterocycles. The molecule has 2 unspecified atom stereocenters. The van der Waals surface area contributed by atoms with Crippen LogP contribution in [0.4, 0.5) is 4.39 Å². The number of carbonyl (C=O) groups is 1. The molecule has 0 aliphatic heterocycles. The summed E-state index contributed by atoms with van der Waals surface area (Å²) in [7, 11) is 0. The summed E-state index contributed by atoms with van der Waals surface area (Å²) in [6.07, 6.45) is 3.33. The van der Waals surface area contributed by atoms with Gasteiger partial charge in [-0.2, -0.15) is 0 Å². The molecule has 0 spiro atoms. The second kappa shape index (κ2) is 6.35. The number of carboxylic acid groups (broad SMARTS) is 1. The average Bonchev–Trinajstić information content (AvgIpc) is 2.36. The highest BCUT2D eigenvalue weighted by Gasteiger charge is 2.24. The lowest BCUT2D eigenvalue weighted by Crippen LogP contribution is -2.26. The second-order valence-corrected chi connectivity index (χ2v) is 5.96. The zero-order chi connectivity index (χ0) is 14.7. The molecule has 1 aromatic carbocycles. The minimum Gasteiger partial charge on any atom is -0.478 e. The van der Waals surface area contributed by atoms with Gasteiger partial charge in [0.1, 0.15) is 5.82 Å². The van der Waals surface area contributed by atoms with Crippen LogP contribution in [0.2, 0.25) is 0 Å². The molecule has 0 heterocycles. The highest BCUT2D eigenvalue weighted by atomic mass is 19.1. The van der Waals surface area contributed by atoms with E-state index in [2.05, 4.69) is 13.8 Å². The van der Waals surface area contributed by atoms with Gasteiger partial charge in [-0.15, -0.1) is 0 Å². The molecule has 1 aromatic rings. The average molecular weight is 280 g/mol. The van der Waals surface area contributed by atoms with Crippen molar-refractivity contribution in [2.24, 2.45) is 11.8 Å². The number of aromatic carboxylic acids is 1. The molecule has 1 fully saturated rings. The highest BCUT2D eigenvalue weighted by Crippen LogP contribution is 2.31. The van der Waals surface area contributed by atoms with Gasteiger partial charge in [-0.3, -0.25) is 0 Å². The first-order valence-corrected chi connectivity index (χ1v) is 7.09. The standard InChI is InChI=1S/C16H21FO3/c1-10-5-11(2)7-14(6-10)20-9-13-8-12(16(18)19)3-4-15(13)17/h3-4,8,10-11,14H,5-7,9H2,1-2H3,(H,18,19). The van der Waals surface area contributed by atoms with E-state index < -0.39 is 11.8 Å². The third-order valence-electron chi connectivity index (χ3n) is 3.90. The minimum absolute atomic E-state index is 0.0929. The second-order valence-electron chi connectivity index (χ2n) is 5.96. The smallest absolute Gasteiger partial charge is 0.335 e. The maximum absolute atomic E-state index is 13.7. The van der Waals surface area contributed by atoms with Crippen molar-refractivity contribution >= 4 is 5.97 Å². The van der Waals surface area contributed by atoms with Crippen LogP contribution < -0.4 is 0 Å². The summed E-state index contributed by atoms with van der Waals surface area (Å²) in [4.78, 5) is 10.9. The van der Waals surface area contributed by atoms with Crippen LogP contribution in [0.25, 0.3) is 0 Å². The molecule has 0 aromatic heterocycles. The molecule has 0 bridgehead atoms. The van der Waals surface area contributed by atoms with Gasteiger partial charge in [0.05, 0.1) is 18.3 Å². The van der Waals surface area contributed by atoms with Gasteiger partial charge in [0.15, 0.2) is 0 Å². The summed E-state index contributed by atoms with van der Waals surface area (Å²) in [5, 5.41) is 8.92. The Bertz CT molecular complexity index is 477. The molecule has 2 atom stereocenters. The maximum atomic E-state index is 13.7. The van der Waals surface area contributed by atoms with Crippen molar-refractivity contribution in [1.82, 2.24) is 0 Å². The van der Waals surface area contributed by atoms with E-state index >= 15 is 0 Å². The van der Waals surface area contributed by atoms with Crippen LogP contribution in [-0.4, -0.2) is 17.2 Å². The van der Waals surface area contributed by atoms with Crippen molar-refractivity contribution in [1.29, 1.82) is 0 Å². The van der Waals surface area contributed by atoms with Gasteiger partial charge in [-0.25, -0.2) is 9.18 Å². The number of carboxylic acids is 1. The predicted molar refractivity (Wildman–Crippen MR) is 74.1 cm³/mol. The third kappa shape index (κ3) is 3.79. The van der Waals surface area contributed by atoms with Crippen LogP contribution in [0.15, 0.2) is 18.2 Å². The summed E-state index contributed by atoms with van der Waals surface area (Å²) < 4.78 is 19.5. The molecule has 20 heavy (non-hydrogen) atoms. The van der Waals surface area contributed by atoms with Gasteiger partial charge < -0.3 is 9.84 Å². The third-order valence-corrected chi connectivity index (χ3v) is 3.90. The molecule has 1 aliphatic rings. The molecule has 2 rings (SSSR count). The van der Waals surface area contributed by atoms with Gasteiger partial charge >= 0.3 is 5.97 Å². The molecular formula is C16H21FO3. The summed E-state index contributed by atoms with van der Waals surface area (Å²) in [6.45, 7) is 4.55. The van der Waals surface area contributed by atoms with Crippen molar-refractivity contribution in [2.75, 3.05) is 0 Å². The number of halogens is 1. The summed E-state index contributed by atoms with van der Waals surface area (Å²) in [5.41, 5.74) is 0.408. The van der Waals surface area contributed by atoms with Gasteiger partial charge in [0.2, 0.25) is 0 Å². The minimum atomic E-state index is -1.05. The normalized spacial score (nSPS) is 26.4.